The molecule has 0 aliphatic rings. The average Bonchev–Trinajstić information content (AvgIpc) is 3.29. The van der Waals surface area contributed by atoms with Crippen LogP contribution in [0.25, 0.3) is 11.2 Å². The van der Waals surface area contributed by atoms with Crippen LogP contribution >= 0.6 is 7.44 Å². The number of hydrogen-bond donors (Lipinski definition) is 3. The topological polar surface area (TPSA) is 156 Å². The summed E-state index contributed by atoms with van der Waals surface area (Å²) in [5.41, 5.74) is 6.65. The number of fused-ring (bicyclic) bond motifs is 1. The first kappa shape index (κ1) is 29.5. The molecule has 0 aliphatic carbocycles. The maximum absolute atomic E-state index is 14.2. The van der Waals surface area contributed by atoms with Crippen molar-refractivity contribution in [3.63, 3.8) is 0 Å². The second-order valence-electron chi connectivity index (χ2n) is 9.67. The number of esters is 1. The molecule has 3 rings (SSSR count). The lowest BCUT2D eigenvalue weighted by molar-refractivity contribution is -0.149. The van der Waals surface area contributed by atoms with Crippen molar-refractivity contribution in [1.29, 1.82) is 0 Å². The zero-order chi connectivity index (χ0) is 27.9. The molecule has 13 heteroatoms. The number of hydrogen-bond acceptors (Lipinski definition) is 9. The number of ether oxygens (including phenoxy) is 3. The molecule has 38 heavy (non-hydrogen) atoms. The number of methoxy groups -OCH3 is 1. The van der Waals surface area contributed by atoms with E-state index >= 15 is 0 Å². The number of aromatic nitrogens is 4. The van der Waals surface area contributed by atoms with Crippen LogP contribution in [0.1, 0.15) is 52.6 Å². The number of nitrogens with two attached hydrogens (primary N) is 1. The van der Waals surface area contributed by atoms with Crippen molar-refractivity contribution in [1.82, 2.24) is 29.7 Å². The second-order valence-corrected chi connectivity index (χ2v) is 11.9. The Morgan fingerprint density at radius 3 is 2.55 bits per heavy atom. The van der Waals surface area contributed by atoms with Gasteiger partial charge in [-0.05, 0) is 51.8 Å². The normalized spacial score (nSPS) is 15.1. The first-order chi connectivity index (χ1) is 18.0. The minimum atomic E-state index is -3.49. The van der Waals surface area contributed by atoms with Crippen molar-refractivity contribution >= 4 is 30.4 Å². The van der Waals surface area contributed by atoms with E-state index in [-0.39, 0.29) is 25.1 Å². The number of nitrogens with zero attached hydrogens (tertiary/aromatic N) is 4. The summed E-state index contributed by atoms with van der Waals surface area (Å²) in [4.78, 5) is 25.2. The third kappa shape index (κ3) is 7.50. The van der Waals surface area contributed by atoms with E-state index in [9.17, 15) is 9.36 Å². The van der Waals surface area contributed by atoms with Gasteiger partial charge >= 0.3 is 5.97 Å². The van der Waals surface area contributed by atoms with Gasteiger partial charge < -0.3 is 24.5 Å². The molecule has 0 spiro atoms. The van der Waals surface area contributed by atoms with Crippen LogP contribution in [0, 0.1) is 0 Å². The zero-order valence-corrected chi connectivity index (χ0v) is 23.7. The van der Waals surface area contributed by atoms with Crippen LogP contribution in [0.2, 0.25) is 0 Å². The third-order valence-corrected chi connectivity index (χ3v) is 8.09. The van der Waals surface area contributed by atoms with Crippen molar-refractivity contribution in [2.45, 2.75) is 65.3 Å². The summed E-state index contributed by atoms with van der Waals surface area (Å²) >= 11 is 0. The molecular formula is C25H38N7O5P. The molecule has 1 unspecified atom stereocenters. The Morgan fingerprint density at radius 1 is 1.18 bits per heavy atom. The molecule has 3 aromatic rings. The van der Waals surface area contributed by atoms with Gasteiger partial charge in [-0.1, -0.05) is 19.1 Å². The predicted octanol–water partition coefficient (Wildman–Crippen LogP) is 3.65. The number of benzene rings is 1. The molecule has 4 N–H and O–H groups in total. The van der Waals surface area contributed by atoms with Gasteiger partial charge in [-0.25, -0.2) is 25.1 Å². The summed E-state index contributed by atoms with van der Waals surface area (Å²) in [5, 5.41) is 6.20. The van der Waals surface area contributed by atoms with Gasteiger partial charge in [0.1, 0.15) is 29.5 Å². The third-order valence-electron chi connectivity index (χ3n) is 5.85. The summed E-state index contributed by atoms with van der Waals surface area (Å²) in [6.45, 7) is 9.62. The Kier molecular flexibility index (Phi) is 9.83. The van der Waals surface area contributed by atoms with Gasteiger partial charge in [0.05, 0.1) is 32.7 Å². The fraction of sp³-hybridized carbons (Fsp3) is 0.520. The molecule has 0 saturated heterocycles. The summed E-state index contributed by atoms with van der Waals surface area (Å²) in [7, 11) is -1.89. The number of carbonyl (C=O) groups excluding carboxylic acids is 1. The number of nitrogen functional groups attached to an aromatic ring is 1. The predicted molar refractivity (Wildman–Crippen MR) is 146 cm³/mol. The lowest BCUT2D eigenvalue weighted by atomic mass is 10.1. The van der Waals surface area contributed by atoms with E-state index in [1.807, 2.05) is 45.0 Å². The van der Waals surface area contributed by atoms with E-state index < -0.39 is 19.0 Å². The second kappa shape index (κ2) is 12.7. The van der Waals surface area contributed by atoms with Crippen molar-refractivity contribution in [3.8, 4) is 5.75 Å². The molecule has 2 aromatic heterocycles. The maximum atomic E-state index is 14.2. The Hall–Kier alpha value is -3.05. The lowest BCUT2D eigenvalue weighted by Crippen LogP contribution is -2.49. The largest absolute Gasteiger partial charge is 0.497 e. The Morgan fingerprint density at radius 2 is 1.89 bits per heavy atom. The fourth-order valence-electron chi connectivity index (χ4n) is 3.85. The molecule has 0 amide bonds. The van der Waals surface area contributed by atoms with Crippen LogP contribution in [-0.2, 0) is 25.4 Å². The summed E-state index contributed by atoms with van der Waals surface area (Å²) < 4.78 is 32.7. The highest BCUT2D eigenvalue weighted by molar-refractivity contribution is 7.59. The monoisotopic (exact) mass is 547 g/mol. The van der Waals surface area contributed by atoms with Gasteiger partial charge in [-0.15, -0.1) is 0 Å². The maximum Gasteiger partial charge on any atom is 0.326 e. The summed E-state index contributed by atoms with van der Waals surface area (Å²) in [6, 6.07) is 7.13. The van der Waals surface area contributed by atoms with Gasteiger partial charge in [0, 0.05) is 6.04 Å². The molecule has 0 fully saturated rings. The van der Waals surface area contributed by atoms with E-state index in [1.165, 1.54) is 6.33 Å². The molecule has 3 atom stereocenters. The van der Waals surface area contributed by atoms with Crippen molar-refractivity contribution in [2.24, 2.45) is 0 Å². The first-order valence-corrected chi connectivity index (χ1v) is 14.4. The van der Waals surface area contributed by atoms with Gasteiger partial charge in [-0.3, -0.25) is 9.36 Å². The Bertz CT molecular complexity index is 1260. The van der Waals surface area contributed by atoms with Gasteiger partial charge in [0.25, 0.3) is 0 Å². The standard InChI is InChI=1S/C25H38N7O5P/c1-7-12-36-24(33)25(4,5)31-38(34,30-18(3)19-8-10-20(35-6)11-9-19)16-37-17(2)13-32-15-29-21-22(26)27-14-28-23(21)32/h8-11,14-15,17-18H,7,12-13,16H2,1-6H3,(H2,26,27,28)(H2,30,31,34)/t17-,18-,38?/m0/s1. The number of imidazole rings is 1. The van der Waals surface area contributed by atoms with Crippen LogP contribution < -0.4 is 20.6 Å². The van der Waals surface area contributed by atoms with E-state index in [4.69, 9.17) is 19.9 Å². The smallest absolute Gasteiger partial charge is 0.326 e. The highest BCUT2D eigenvalue weighted by Crippen LogP contribution is 2.42. The highest BCUT2D eigenvalue weighted by Gasteiger charge is 2.38. The number of carbonyl (C=O) groups is 1. The molecule has 208 valence electrons. The van der Waals surface area contributed by atoms with Crippen LogP contribution in [0.4, 0.5) is 5.82 Å². The number of anilines is 1. The van der Waals surface area contributed by atoms with Gasteiger partial charge in [-0.2, -0.15) is 0 Å². The zero-order valence-electron chi connectivity index (χ0n) is 22.8. The first-order valence-electron chi connectivity index (χ1n) is 12.5. The lowest BCUT2D eigenvalue weighted by Gasteiger charge is -2.33. The van der Waals surface area contributed by atoms with Crippen LogP contribution in [-0.4, -0.2) is 57.2 Å². The molecule has 0 bridgehead atoms. The van der Waals surface area contributed by atoms with Crippen molar-refractivity contribution < 1.29 is 23.6 Å². The van der Waals surface area contributed by atoms with Crippen molar-refractivity contribution in [2.75, 3.05) is 25.8 Å². The average molecular weight is 548 g/mol. The van der Waals surface area contributed by atoms with E-state index in [0.717, 1.165) is 11.3 Å². The summed E-state index contributed by atoms with van der Waals surface area (Å²) in [6.07, 6.45) is 3.13. The molecule has 1 aromatic carbocycles. The van der Waals surface area contributed by atoms with Crippen LogP contribution in [0.3, 0.4) is 0 Å². The molecular weight excluding hydrogens is 509 g/mol. The van der Waals surface area contributed by atoms with Crippen LogP contribution in [0.15, 0.2) is 36.9 Å². The number of rotatable bonds is 14. The van der Waals surface area contributed by atoms with Crippen molar-refractivity contribution in [3.05, 3.63) is 42.5 Å². The quantitative estimate of drug-likeness (QED) is 0.200. The molecule has 12 nitrogen and oxygen atoms in total. The summed E-state index contributed by atoms with van der Waals surface area (Å²) in [5.74, 6) is 0.525. The molecule has 0 aliphatic heterocycles. The van der Waals surface area contributed by atoms with Gasteiger partial charge in [0.2, 0.25) is 7.44 Å². The molecule has 0 radical (unpaired) electrons. The van der Waals surface area contributed by atoms with Gasteiger partial charge in [0.15, 0.2) is 11.5 Å². The van der Waals surface area contributed by atoms with E-state index in [1.54, 1.807) is 31.9 Å². The highest BCUT2D eigenvalue weighted by atomic mass is 31.2. The Balaban J connectivity index is 1.76. The minimum absolute atomic E-state index is 0.178. The SMILES string of the molecule is CCCOC(=O)C(C)(C)NP(=O)(CO[C@@H](C)Cn1cnc2c(N)ncnc21)N[C@@H](C)c1ccc(OC)cc1. The molecule has 0 saturated carbocycles. The van der Waals surface area contributed by atoms with E-state index in [0.29, 0.717) is 29.9 Å². The minimum Gasteiger partial charge on any atom is -0.497 e. The van der Waals surface area contributed by atoms with Crippen LogP contribution in [0.5, 0.6) is 5.75 Å². The number of nitrogens with one attached hydrogen (secondary N) is 2. The fourth-order valence-corrected chi connectivity index (χ4v) is 6.29. The Labute approximate surface area is 223 Å². The van der Waals surface area contributed by atoms with E-state index in [2.05, 4.69) is 25.1 Å². The molecule has 2 heterocycles.